The van der Waals surface area contributed by atoms with Gasteiger partial charge in [-0.15, -0.1) is 0 Å². The predicted molar refractivity (Wildman–Crippen MR) is 113 cm³/mol. The molecule has 2 aliphatic heterocycles. The number of alkyl halides is 6. The molecule has 3 nitrogen and oxygen atoms in total. The Kier molecular flexibility index (Phi) is 6.64. The molecule has 2 saturated heterocycles. The number of nitrogens with zero attached hydrogens (tertiary/aromatic N) is 2. The Morgan fingerprint density at radius 3 is 2.03 bits per heavy atom. The lowest BCUT2D eigenvalue weighted by Gasteiger charge is -2.46. The van der Waals surface area contributed by atoms with E-state index in [2.05, 4.69) is 4.90 Å². The van der Waals surface area contributed by atoms with Crippen LogP contribution in [-0.4, -0.2) is 50.3 Å². The Hall–Kier alpha value is -2.26. The van der Waals surface area contributed by atoms with E-state index in [-0.39, 0.29) is 23.7 Å². The Morgan fingerprint density at radius 2 is 1.45 bits per heavy atom. The molecule has 33 heavy (non-hydrogen) atoms. The van der Waals surface area contributed by atoms with E-state index in [1.165, 1.54) is 0 Å². The van der Waals surface area contributed by atoms with Crippen molar-refractivity contribution in [2.75, 3.05) is 44.3 Å². The molecule has 0 aliphatic carbocycles. The molecule has 4 rings (SSSR count). The first kappa shape index (κ1) is 23.9. The number of hydrogen-bond donors (Lipinski definition) is 0. The first-order chi connectivity index (χ1) is 15.5. The van der Waals surface area contributed by atoms with Gasteiger partial charge >= 0.3 is 12.4 Å². The zero-order valence-electron chi connectivity index (χ0n) is 18.2. The summed E-state index contributed by atoms with van der Waals surface area (Å²) in [5, 5.41) is 0. The first-order valence-corrected chi connectivity index (χ1v) is 11.0. The van der Waals surface area contributed by atoms with Gasteiger partial charge in [0.15, 0.2) is 0 Å². The van der Waals surface area contributed by atoms with Gasteiger partial charge in [0, 0.05) is 43.8 Å². The zero-order chi connectivity index (χ0) is 23.8. The molecule has 2 fully saturated rings. The van der Waals surface area contributed by atoms with Crippen LogP contribution in [0.3, 0.4) is 0 Å². The van der Waals surface area contributed by atoms with Crippen LogP contribution in [0, 0.1) is 6.92 Å². The van der Waals surface area contributed by atoms with E-state index in [9.17, 15) is 26.3 Å². The Morgan fingerprint density at radius 1 is 0.848 bits per heavy atom. The number of hydrogen-bond acceptors (Lipinski definition) is 3. The quantitative estimate of drug-likeness (QED) is 0.531. The van der Waals surface area contributed by atoms with Gasteiger partial charge in [0.05, 0.1) is 24.3 Å². The van der Waals surface area contributed by atoms with E-state index in [4.69, 9.17) is 4.74 Å². The number of ether oxygens (including phenoxy) is 1. The van der Waals surface area contributed by atoms with Crippen LogP contribution in [0.15, 0.2) is 42.5 Å². The van der Waals surface area contributed by atoms with Crippen LogP contribution in [0.2, 0.25) is 0 Å². The normalized spacial score (nSPS) is 23.1. The minimum Gasteiger partial charge on any atom is -0.379 e. The molecule has 0 saturated carbocycles. The highest BCUT2D eigenvalue weighted by molar-refractivity contribution is 5.54. The van der Waals surface area contributed by atoms with Gasteiger partial charge in [-0.2, -0.15) is 26.3 Å². The molecule has 0 spiro atoms. The molecule has 2 aromatic carbocycles. The van der Waals surface area contributed by atoms with Gasteiger partial charge in [-0.3, -0.25) is 4.90 Å². The third-order valence-corrected chi connectivity index (χ3v) is 6.62. The van der Waals surface area contributed by atoms with Crippen molar-refractivity contribution in [2.24, 2.45) is 0 Å². The molecular formula is C24H26F6N2O. The SMILES string of the molecule is Cc1ccccc1C1CN(c2cc(C(F)(F)F)cc(C(F)(F)F)c2)CCC1N1CCOCC1. The molecule has 2 heterocycles. The third-order valence-electron chi connectivity index (χ3n) is 6.62. The average Bonchev–Trinajstić information content (AvgIpc) is 2.78. The molecular weight excluding hydrogens is 446 g/mol. The molecule has 0 bridgehead atoms. The van der Waals surface area contributed by atoms with Gasteiger partial charge in [0.2, 0.25) is 0 Å². The summed E-state index contributed by atoms with van der Waals surface area (Å²) in [5.74, 6) is -0.0538. The summed E-state index contributed by atoms with van der Waals surface area (Å²) < 4.78 is 85.9. The number of benzene rings is 2. The lowest BCUT2D eigenvalue weighted by Crippen LogP contribution is -2.53. The summed E-state index contributed by atoms with van der Waals surface area (Å²) >= 11 is 0. The third kappa shape index (κ3) is 5.30. The fraction of sp³-hybridized carbons (Fsp3) is 0.500. The second-order valence-electron chi connectivity index (χ2n) is 8.68. The van der Waals surface area contributed by atoms with Crippen LogP contribution in [0.1, 0.15) is 34.6 Å². The Bertz CT molecular complexity index is 936. The maximum Gasteiger partial charge on any atom is 0.416 e. The standard InChI is InChI=1S/C24H26F6N2O/c1-16-4-2-3-5-20(16)21-15-32(7-6-22(21)31-8-10-33-11-9-31)19-13-17(23(25,26)27)12-18(14-19)24(28,29)30/h2-5,12-14,21-22H,6-11,15H2,1H3. The van der Waals surface area contributed by atoms with Gasteiger partial charge in [0.25, 0.3) is 0 Å². The van der Waals surface area contributed by atoms with Crippen LogP contribution < -0.4 is 4.90 Å². The zero-order valence-corrected chi connectivity index (χ0v) is 18.2. The lowest BCUT2D eigenvalue weighted by atomic mass is 9.82. The Labute approximate surface area is 188 Å². The van der Waals surface area contributed by atoms with Gasteiger partial charge in [0.1, 0.15) is 0 Å². The van der Waals surface area contributed by atoms with Crippen molar-refractivity contribution in [1.29, 1.82) is 0 Å². The van der Waals surface area contributed by atoms with Gasteiger partial charge < -0.3 is 9.64 Å². The van der Waals surface area contributed by atoms with Crippen molar-refractivity contribution >= 4 is 5.69 Å². The number of piperidine rings is 1. The van der Waals surface area contributed by atoms with Crippen LogP contribution in [0.25, 0.3) is 0 Å². The van der Waals surface area contributed by atoms with E-state index in [0.29, 0.717) is 32.7 Å². The average molecular weight is 472 g/mol. The summed E-state index contributed by atoms with van der Waals surface area (Å²) in [6, 6.07) is 9.82. The molecule has 0 amide bonds. The lowest BCUT2D eigenvalue weighted by molar-refractivity contribution is -0.143. The largest absolute Gasteiger partial charge is 0.416 e. The van der Waals surface area contributed by atoms with Gasteiger partial charge in [-0.05, 0) is 42.7 Å². The van der Waals surface area contributed by atoms with Crippen molar-refractivity contribution in [2.45, 2.75) is 37.7 Å². The molecule has 2 aromatic rings. The van der Waals surface area contributed by atoms with E-state index in [1.54, 1.807) is 4.90 Å². The second kappa shape index (κ2) is 9.18. The minimum absolute atomic E-state index is 0.0452. The van der Waals surface area contributed by atoms with E-state index in [1.807, 2.05) is 31.2 Å². The van der Waals surface area contributed by atoms with Crippen molar-refractivity contribution in [1.82, 2.24) is 4.90 Å². The number of halogens is 6. The second-order valence-corrected chi connectivity index (χ2v) is 8.68. The number of morpholine rings is 1. The smallest absolute Gasteiger partial charge is 0.379 e. The summed E-state index contributed by atoms with van der Waals surface area (Å²) in [5.41, 5.74) is -0.481. The molecule has 9 heteroatoms. The minimum atomic E-state index is -4.86. The highest BCUT2D eigenvalue weighted by Gasteiger charge is 2.39. The van der Waals surface area contributed by atoms with Crippen molar-refractivity contribution < 1.29 is 31.1 Å². The Balaban J connectivity index is 1.71. The number of aryl methyl sites for hydroxylation is 1. The molecule has 0 radical (unpaired) electrons. The molecule has 0 aromatic heterocycles. The highest BCUT2D eigenvalue weighted by Crippen LogP contribution is 2.41. The van der Waals surface area contributed by atoms with Gasteiger partial charge in [-0.25, -0.2) is 0 Å². The van der Waals surface area contributed by atoms with Crippen LogP contribution in [0.4, 0.5) is 32.0 Å². The monoisotopic (exact) mass is 472 g/mol. The number of anilines is 1. The first-order valence-electron chi connectivity index (χ1n) is 11.0. The molecule has 180 valence electrons. The van der Waals surface area contributed by atoms with Crippen molar-refractivity contribution in [3.63, 3.8) is 0 Å². The maximum absolute atomic E-state index is 13.4. The van der Waals surface area contributed by atoms with Crippen molar-refractivity contribution in [3.05, 3.63) is 64.7 Å². The van der Waals surface area contributed by atoms with Crippen LogP contribution in [-0.2, 0) is 17.1 Å². The number of rotatable bonds is 3. The summed E-state index contributed by atoms with van der Waals surface area (Å²) in [6.45, 7) is 5.45. The van der Waals surface area contributed by atoms with Crippen LogP contribution in [0.5, 0.6) is 0 Å². The topological polar surface area (TPSA) is 15.7 Å². The highest BCUT2D eigenvalue weighted by atomic mass is 19.4. The molecule has 0 N–H and O–H groups in total. The fourth-order valence-corrected chi connectivity index (χ4v) is 4.95. The van der Waals surface area contributed by atoms with Crippen molar-refractivity contribution in [3.8, 4) is 0 Å². The van der Waals surface area contributed by atoms with E-state index >= 15 is 0 Å². The van der Waals surface area contributed by atoms with E-state index < -0.39 is 23.5 Å². The maximum atomic E-state index is 13.4. The molecule has 2 atom stereocenters. The molecule has 2 aliphatic rings. The van der Waals surface area contributed by atoms with Gasteiger partial charge in [-0.1, -0.05) is 24.3 Å². The summed E-state index contributed by atoms with van der Waals surface area (Å²) in [7, 11) is 0. The summed E-state index contributed by atoms with van der Waals surface area (Å²) in [4.78, 5) is 4.00. The molecule has 2 unspecified atom stereocenters. The fourth-order valence-electron chi connectivity index (χ4n) is 4.95. The van der Waals surface area contributed by atoms with Crippen LogP contribution >= 0.6 is 0 Å². The summed E-state index contributed by atoms with van der Waals surface area (Å²) in [6.07, 6.45) is -9.09. The predicted octanol–water partition coefficient (Wildman–Crippen LogP) is 5.73. The van der Waals surface area contributed by atoms with E-state index in [0.717, 1.165) is 36.3 Å².